The quantitative estimate of drug-likeness (QED) is 0.488. The molecule has 0 fully saturated rings. The molecule has 156 valence electrons. The van der Waals surface area contributed by atoms with E-state index in [-0.39, 0.29) is 16.5 Å². The van der Waals surface area contributed by atoms with Gasteiger partial charge >= 0.3 is 0 Å². The third-order valence-electron chi connectivity index (χ3n) is 4.27. The maximum atomic E-state index is 12.2. The minimum atomic E-state index is -3.61. The first kappa shape index (κ1) is 21.5. The predicted molar refractivity (Wildman–Crippen MR) is 117 cm³/mol. The number of nitrogens with one attached hydrogen (secondary N) is 3. The fourth-order valence-corrected chi connectivity index (χ4v) is 4.68. The first-order chi connectivity index (χ1) is 14.4. The van der Waals surface area contributed by atoms with Crippen LogP contribution < -0.4 is 15.6 Å². The summed E-state index contributed by atoms with van der Waals surface area (Å²) in [5.74, 6) is -0.787. The van der Waals surface area contributed by atoms with E-state index in [2.05, 4.69) is 15.6 Å². The molecular weight excluding hydrogens is 422 g/mol. The van der Waals surface area contributed by atoms with Gasteiger partial charge in [-0.3, -0.25) is 25.2 Å². The third-order valence-corrected chi connectivity index (χ3v) is 7.05. The number of amides is 2. The summed E-state index contributed by atoms with van der Waals surface area (Å²) in [5, 5.41) is 1.69. The van der Waals surface area contributed by atoms with Crippen LogP contribution in [0.5, 0.6) is 0 Å². The van der Waals surface area contributed by atoms with E-state index in [1.54, 1.807) is 47.8 Å². The highest BCUT2D eigenvalue weighted by Gasteiger charge is 2.15. The average molecular weight is 444 g/mol. The molecule has 1 aromatic heterocycles. The summed E-state index contributed by atoms with van der Waals surface area (Å²) >= 11 is 1.13. The second-order valence-electron chi connectivity index (χ2n) is 6.46. The van der Waals surface area contributed by atoms with Gasteiger partial charge in [0.2, 0.25) is 5.91 Å². The van der Waals surface area contributed by atoms with E-state index in [9.17, 15) is 18.0 Å². The number of sulfonamides is 1. The van der Waals surface area contributed by atoms with Gasteiger partial charge in [0.15, 0.2) is 0 Å². The highest BCUT2D eigenvalue weighted by atomic mass is 32.2. The first-order valence-corrected chi connectivity index (χ1v) is 11.6. The fourth-order valence-electron chi connectivity index (χ4n) is 2.63. The van der Waals surface area contributed by atoms with Crippen molar-refractivity contribution in [1.82, 2.24) is 10.9 Å². The Morgan fingerprint density at radius 2 is 1.57 bits per heavy atom. The number of hydrogen-bond donors (Lipinski definition) is 3. The first-order valence-electron chi connectivity index (χ1n) is 9.21. The number of aryl methyl sites for hydroxylation is 1. The molecule has 0 saturated heterocycles. The van der Waals surface area contributed by atoms with Crippen molar-refractivity contribution in [3.8, 4) is 0 Å². The Labute approximate surface area is 179 Å². The highest BCUT2D eigenvalue weighted by Crippen LogP contribution is 2.20. The molecule has 0 bridgehead atoms. The lowest BCUT2D eigenvalue weighted by Crippen LogP contribution is -2.42. The van der Waals surface area contributed by atoms with Crippen molar-refractivity contribution in [2.45, 2.75) is 24.0 Å². The number of benzene rings is 2. The van der Waals surface area contributed by atoms with Crippen LogP contribution in [0.1, 0.15) is 28.4 Å². The van der Waals surface area contributed by atoms with Crippen molar-refractivity contribution in [2.24, 2.45) is 0 Å². The number of thiophene rings is 1. The molecule has 2 aromatic carbocycles. The van der Waals surface area contributed by atoms with Crippen molar-refractivity contribution in [2.75, 3.05) is 4.72 Å². The Hall–Kier alpha value is -3.17. The van der Waals surface area contributed by atoms with Crippen LogP contribution in [0.3, 0.4) is 0 Å². The van der Waals surface area contributed by atoms with E-state index in [4.69, 9.17) is 0 Å². The van der Waals surface area contributed by atoms with Crippen molar-refractivity contribution in [3.63, 3.8) is 0 Å². The molecule has 0 saturated carbocycles. The monoisotopic (exact) mass is 443 g/mol. The van der Waals surface area contributed by atoms with E-state index >= 15 is 0 Å². The van der Waals surface area contributed by atoms with E-state index in [0.717, 1.165) is 23.3 Å². The van der Waals surface area contributed by atoms with Gasteiger partial charge in [0.25, 0.3) is 15.9 Å². The number of hydrazine groups is 1. The zero-order valence-electron chi connectivity index (χ0n) is 16.2. The molecule has 2 amide bonds. The Kier molecular flexibility index (Phi) is 6.86. The van der Waals surface area contributed by atoms with Crippen LogP contribution in [0.2, 0.25) is 0 Å². The van der Waals surface area contributed by atoms with Gasteiger partial charge in [0.05, 0.1) is 6.42 Å². The van der Waals surface area contributed by atoms with Gasteiger partial charge < -0.3 is 0 Å². The van der Waals surface area contributed by atoms with Crippen LogP contribution in [0, 0.1) is 0 Å². The van der Waals surface area contributed by atoms with Gasteiger partial charge in [0.1, 0.15) is 4.21 Å². The largest absolute Gasteiger partial charge is 0.279 e. The Bertz CT molecular complexity index is 1110. The molecule has 0 aliphatic heterocycles. The summed E-state index contributed by atoms with van der Waals surface area (Å²) in [4.78, 5) is 24.2. The lowest BCUT2D eigenvalue weighted by atomic mass is 10.1. The minimum absolute atomic E-state index is 0.0347. The Balaban J connectivity index is 1.51. The second kappa shape index (κ2) is 9.55. The summed E-state index contributed by atoms with van der Waals surface area (Å²) in [6, 6.07) is 16.8. The summed E-state index contributed by atoms with van der Waals surface area (Å²) in [5.41, 5.74) is 7.42. The highest BCUT2D eigenvalue weighted by molar-refractivity contribution is 7.94. The third kappa shape index (κ3) is 5.68. The number of anilines is 1. The standard InChI is InChI=1S/C21H21N3O4S2/c1-2-15-5-9-17(10-6-15)21(26)23-22-19(25)14-16-7-11-18(12-8-16)24-30(27,28)20-4-3-13-29-20/h3-13,24H,2,14H2,1H3,(H,22,25)(H,23,26). The van der Waals surface area contributed by atoms with Gasteiger partial charge in [-0.15, -0.1) is 11.3 Å². The van der Waals surface area contributed by atoms with Gasteiger partial charge in [-0.1, -0.05) is 37.3 Å². The van der Waals surface area contributed by atoms with Gasteiger partial charge in [-0.25, -0.2) is 8.42 Å². The topological polar surface area (TPSA) is 104 Å². The number of carbonyl (C=O) groups excluding carboxylic acids is 2. The fraction of sp³-hybridized carbons (Fsp3) is 0.143. The van der Waals surface area contributed by atoms with E-state index in [1.807, 2.05) is 19.1 Å². The van der Waals surface area contributed by atoms with E-state index < -0.39 is 15.9 Å². The van der Waals surface area contributed by atoms with Crippen molar-refractivity contribution in [1.29, 1.82) is 0 Å². The smallest absolute Gasteiger partial charge is 0.271 e. The summed E-state index contributed by atoms with van der Waals surface area (Å²) in [6.45, 7) is 2.03. The van der Waals surface area contributed by atoms with E-state index in [1.165, 1.54) is 6.07 Å². The number of hydrogen-bond acceptors (Lipinski definition) is 5. The average Bonchev–Trinajstić information content (AvgIpc) is 3.29. The zero-order valence-corrected chi connectivity index (χ0v) is 17.8. The molecule has 3 aromatic rings. The van der Waals surface area contributed by atoms with Crippen LogP contribution in [0.15, 0.2) is 70.3 Å². The molecule has 3 rings (SSSR count). The molecule has 7 nitrogen and oxygen atoms in total. The SMILES string of the molecule is CCc1ccc(C(=O)NNC(=O)Cc2ccc(NS(=O)(=O)c3cccs3)cc2)cc1. The molecule has 0 atom stereocenters. The van der Waals surface area contributed by atoms with Crippen molar-refractivity contribution >= 4 is 38.9 Å². The molecule has 3 N–H and O–H groups in total. The summed E-state index contributed by atoms with van der Waals surface area (Å²) < 4.78 is 27.2. The van der Waals surface area contributed by atoms with Gasteiger partial charge in [0, 0.05) is 11.3 Å². The summed E-state index contributed by atoms with van der Waals surface area (Å²) in [6.07, 6.45) is 0.917. The molecule has 0 radical (unpaired) electrons. The lowest BCUT2D eigenvalue weighted by Gasteiger charge is -2.09. The maximum Gasteiger partial charge on any atom is 0.271 e. The molecule has 0 unspecified atom stereocenters. The van der Waals surface area contributed by atoms with Crippen molar-refractivity contribution < 1.29 is 18.0 Å². The number of rotatable bonds is 7. The number of carbonyl (C=O) groups is 2. The van der Waals surface area contributed by atoms with Crippen LogP contribution in [-0.2, 0) is 27.7 Å². The molecule has 30 heavy (non-hydrogen) atoms. The zero-order chi connectivity index (χ0) is 21.6. The van der Waals surface area contributed by atoms with Crippen molar-refractivity contribution in [3.05, 3.63) is 82.7 Å². The lowest BCUT2D eigenvalue weighted by molar-refractivity contribution is -0.121. The molecular formula is C21H21N3O4S2. The Morgan fingerprint density at radius 1 is 0.900 bits per heavy atom. The van der Waals surface area contributed by atoms with Gasteiger partial charge in [-0.05, 0) is 53.3 Å². The van der Waals surface area contributed by atoms with Crippen LogP contribution in [-0.4, -0.2) is 20.2 Å². The molecule has 0 aliphatic carbocycles. The Morgan fingerprint density at radius 3 is 2.17 bits per heavy atom. The molecule has 1 heterocycles. The second-order valence-corrected chi connectivity index (χ2v) is 9.32. The summed E-state index contributed by atoms with van der Waals surface area (Å²) in [7, 11) is -3.61. The van der Waals surface area contributed by atoms with E-state index in [0.29, 0.717) is 16.8 Å². The van der Waals surface area contributed by atoms with Crippen LogP contribution >= 0.6 is 11.3 Å². The predicted octanol–water partition coefficient (Wildman–Crippen LogP) is 3.12. The van der Waals surface area contributed by atoms with Crippen LogP contribution in [0.25, 0.3) is 0 Å². The molecule has 0 spiro atoms. The normalized spacial score (nSPS) is 11.0. The van der Waals surface area contributed by atoms with Crippen LogP contribution in [0.4, 0.5) is 5.69 Å². The van der Waals surface area contributed by atoms with Gasteiger partial charge in [-0.2, -0.15) is 0 Å². The minimum Gasteiger partial charge on any atom is -0.279 e. The maximum absolute atomic E-state index is 12.2. The molecule has 0 aliphatic rings. The molecule has 9 heteroatoms.